The van der Waals surface area contributed by atoms with Gasteiger partial charge in [0.25, 0.3) is 0 Å². The maximum Gasteiger partial charge on any atom is 0.410 e. The standard InChI is InChI=1S/C11H18N2O2/c14-10-13(9-3-1-4-9)11(8-15-10)5-2-6-12-7-11/h9,12H,1-8H2. The number of nitrogens with one attached hydrogen (secondary N) is 1. The number of rotatable bonds is 1. The molecular formula is C11H18N2O2. The molecule has 4 nitrogen and oxygen atoms in total. The predicted molar refractivity (Wildman–Crippen MR) is 55.7 cm³/mol. The summed E-state index contributed by atoms with van der Waals surface area (Å²) in [7, 11) is 0. The van der Waals surface area contributed by atoms with Crippen LogP contribution in [0.2, 0.25) is 0 Å². The Balaban J connectivity index is 1.82. The highest BCUT2D eigenvalue weighted by molar-refractivity contribution is 5.72. The van der Waals surface area contributed by atoms with Gasteiger partial charge in [-0.25, -0.2) is 4.79 Å². The summed E-state index contributed by atoms with van der Waals surface area (Å²) in [5, 5.41) is 3.40. The van der Waals surface area contributed by atoms with Crippen molar-refractivity contribution >= 4 is 6.09 Å². The van der Waals surface area contributed by atoms with Gasteiger partial charge >= 0.3 is 6.09 Å². The predicted octanol–water partition coefficient (Wildman–Crippen LogP) is 1.11. The van der Waals surface area contributed by atoms with Crippen molar-refractivity contribution in [3.63, 3.8) is 0 Å². The molecule has 3 fully saturated rings. The molecule has 1 aliphatic carbocycles. The van der Waals surface area contributed by atoms with Crippen molar-refractivity contribution < 1.29 is 9.53 Å². The zero-order chi connectivity index (χ0) is 10.3. The second-order valence-corrected chi connectivity index (χ2v) is 5.01. The van der Waals surface area contributed by atoms with Gasteiger partial charge in [0.15, 0.2) is 0 Å². The lowest BCUT2D eigenvalue weighted by molar-refractivity contribution is 0.0599. The zero-order valence-corrected chi connectivity index (χ0v) is 9.00. The van der Waals surface area contributed by atoms with Crippen LogP contribution >= 0.6 is 0 Å². The van der Waals surface area contributed by atoms with Crippen LogP contribution in [0.3, 0.4) is 0 Å². The third-order valence-electron chi connectivity index (χ3n) is 4.06. The van der Waals surface area contributed by atoms with Gasteiger partial charge in [0, 0.05) is 12.6 Å². The average molecular weight is 210 g/mol. The monoisotopic (exact) mass is 210 g/mol. The van der Waals surface area contributed by atoms with Crippen LogP contribution in [-0.2, 0) is 4.74 Å². The third-order valence-corrected chi connectivity index (χ3v) is 4.06. The maximum atomic E-state index is 11.8. The van der Waals surface area contributed by atoms with Crippen molar-refractivity contribution in [3.05, 3.63) is 0 Å². The van der Waals surface area contributed by atoms with Crippen molar-refractivity contribution in [3.8, 4) is 0 Å². The van der Waals surface area contributed by atoms with Crippen molar-refractivity contribution in [1.29, 1.82) is 0 Å². The molecule has 84 valence electrons. The number of piperidine rings is 1. The fourth-order valence-electron chi connectivity index (χ4n) is 2.99. The van der Waals surface area contributed by atoms with Gasteiger partial charge in [-0.2, -0.15) is 0 Å². The molecular weight excluding hydrogens is 192 g/mol. The van der Waals surface area contributed by atoms with Gasteiger partial charge in [-0.05, 0) is 38.6 Å². The van der Waals surface area contributed by atoms with E-state index in [-0.39, 0.29) is 11.6 Å². The number of amides is 1. The number of hydrogen-bond donors (Lipinski definition) is 1. The Labute approximate surface area is 90.0 Å². The molecule has 0 aromatic carbocycles. The van der Waals surface area contributed by atoms with Gasteiger partial charge in [-0.3, -0.25) is 4.90 Å². The Morgan fingerprint density at radius 2 is 2.27 bits per heavy atom. The summed E-state index contributed by atoms with van der Waals surface area (Å²) < 4.78 is 5.26. The van der Waals surface area contributed by atoms with Crippen molar-refractivity contribution in [2.75, 3.05) is 19.7 Å². The maximum absolute atomic E-state index is 11.8. The first-order valence-corrected chi connectivity index (χ1v) is 5.99. The number of cyclic esters (lactones) is 1. The number of ether oxygens (including phenoxy) is 1. The molecule has 1 amide bonds. The normalized spacial score (nSPS) is 36.8. The highest BCUT2D eigenvalue weighted by Gasteiger charge is 2.51. The van der Waals surface area contributed by atoms with Gasteiger partial charge in [0.05, 0.1) is 5.54 Å². The summed E-state index contributed by atoms with van der Waals surface area (Å²) in [5.41, 5.74) is -0.0135. The van der Waals surface area contributed by atoms with Crippen LogP contribution in [-0.4, -0.2) is 42.3 Å². The number of hydrogen-bond acceptors (Lipinski definition) is 3. The Bertz CT molecular complexity index is 270. The first kappa shape index (κ1) is 9.46. The second-order valence-electron chi connectivity index (χ2n) is 5.01. The van der Waals surface area contributed by atoms with E-state index in [0.717, 1.165) is 38.8 Å². The molecule has 2 saturated heterocycles. The van der Waals surface area contributed by atoms with Gasteiger partial charge in [-0.1, -0.05) is 0 Å². The molecule has 3 aliphatic rings. The lowest BCUT2D eigenvalue weighted by Crippen LogP contribution is -2.61. The van der Waals surface area contributed by atoms with Crippen LogP contribution in [0.5, 0.6) is 0 Å². The molecule has 3 rings (SSSR count). The SMILES string of the molecule is O=C1OCC2(CCCNC2)N1C1CCC1. The summed E-state index contributed by atoms with van der Waals surface area (Å²) in [6, 6.07) is 0.458. The van der Waals surface area contributed by atoms with E-state index in [0.29, 0.717) is 12.6 Å². The van der Waals surface area contributed by atoms with Crippen molar-refractivity contribution in [2.45, 2.75) is 43.7 Å². The minimum atomic E-state index is -0.0802. The summed E-state index contributed by atoms with van der Waals surface area (Å²) in [6.07, 6.45) is 5.76. The van der Waals surface area contributed by atoms with E-state index < -0.39 is 0 Å². The summed E-state index contributed by atoms with van der Waals surface area (Å²) in [4.78, 5) is 13.8. The van der Waals surface area contributed by atoms with Crippen molar-refractivity contribution in [1.82, 2.24) is 10.2 Å². The average Bonchev–Trinajstić information content (AvgIpc) is 2.47. The van der Waals surface area contributed by atoms with E-state index in [2.05, 4.69) is 5.32 Å². The van der Waals surface area contributed by atoms with E-state index in [9.17, 15) is 4.79 Å². The van der Waals surface area contributed by atoms with Gasteiger partial charge in [0.1, 0.15) is 6.61 Å². The van der Waals surface area contributed by atoms with Crippen LogP contribution in [0, 0.1) is 0 Å². The first-order valence-electron chi connectivity index (χ1n) is 5.99. The molecule has 0 aromatic rings. The number of nitrogens with zero attached hydrogens (tertiary/aromatic N) is 1. The molecule has 0 bridgehead atoms. The van der Waals surface area contributed by atoms with E-state index in [1.54, 1.807) is 0 Å². The Morgan fingerprint density at radius 3 is 2.87 bits per heavy atom. The second kappa shape index (κ2) is 3.37. The minimum Gasteiger partial charge on any atom is -0.447 e. The van der Waals surface area contributed by atoms with E-state index >= 15 is 0 Å². The number of carbonyl (C=O) groups is 1. The molecule has 0 aromatic heterocycles. The molecule has 0 radical (unpaired) electrons. The van der Waals surface area contributed by atoms with Gasteiger partial charge in [-0.15, -0.1) is 0 Å². The summed E-state index contributed by atoms with van der Waals surface area (Å²) >= 11 is 0. The molecule has 4 heteroatoms. The quantitative estimate of drug-likeness (QED) is 0.705. The Kier molecular flexibility index (Phi) is 2.12. The van der Waals surface area contributed by atoms with Crippen molar-refractivity contribution in [2.24, 2.45) is 0 Å². The molecule has 2 aliphatic heterocycles. The van der Waals surface area contributed by atoms with Crippen LogP contribution in [0.4, 0.5) is 4.79 Å². The largest absolute Gasteiger partial charge is 0.447 e. The summed E-state index contributed by atoms with van der Waals surface area (Å²) in [6.45, 7) is 2.58. The van der Waals surface area contributed by atoms with Gasteiger partial charge < -0.3 is 10.1 Å². The number of carbonyl (C=O) groups excluding carboxylic acids is 1. The first-order chi connectivity index (χ1) is 7.32. The topological polar surface area (TPSA) is 41.6 Å². The Morgan fingerprint density at radius 1 is 1.40 bits per heavy atom. The van der Waals surface area contributed by atoms with Gasteiger partial charge in [0.2, 0.25) is 0 Å². The molecule has 2 heterocycles. The lowest BCUT2D eigenvalue weighted by atomic mass is 9.83. The zero-order valence-electron chi connectivity index (χ0n) is 9.00. The Hall–Kier alpha value is -0.770. The van der Waals surface area contributed by atoms with Crippen LogP contribution in [0.1, 0.15) is 32.1 Å². The molecule has 1 unspecified atom stereocenters. The highest BCUT2D eigenvalue weighted by Crippen LogP contribution is 2.38. The third kappa shape index (κ3) is 1.34. The molecule has 1 atom stereocenters. The fraction of sp³-hybridized carbons (Fsp3) is 0.909. The molecule has 1 saturated carbocycles. The van der Waals surface area contributed by atoms with Crippen LogP contribution < -0.4 is 5.32 Å². The smallest absolute Gasteiger partial charge is 0.410 e. The van der Waals surface area contributed by atoms with Crippen LogP contribution in [0.25, 0.3) is 0 Å². The van der Waals surface area contributed by atoms with E-state index in [4.69, 9.17) is 4.74 Å². The van der Waals surface area contributed by atoms with E-state index in [1.807, 2.05) is 4.90 Å². The fourth-order valence-corrected chi connectivity index (χ4v) is 2.99. The summed E-state index contributed by atoms with van der Waals surface area (Å²) in [5.74, 6) is 0. The molecule has 15 heavy (non-hydrogen) atoms. The lowest BCUT2D eigenvalue weighted by Gasteiger charge is -2.45. The highest BCUT2D eigenvalue weighted by atomic mass is 16.6. The molecule has 1 spiro atoms. The minimum absolute atomic E-state index is 0.0135. The van der Waals surface area contributed by atoms with E-state index in [1.165, 1.54) is 6.42 Å². The molecule has 1 N–H and O–H groups in total. The van der Waals surface area contributed by atoms with Crippen LogP contribution in [0.15, 0.2) is 0 Å².